The Kier molecular flexibility index (Phi) is 5.62. The van der Waals surface area contributed by atoms with E-state index in [2.05, 4.69) is 42.4 Å². The first kappa shape index (κ1) is 15.8. The Bertz CT molecular complexity index is 471. The monoisotopic (exact) mass is 289 g/mol. The van der Waals surface area contributed by atoms with Crippen LogP contribution >= 0.6 is 0 Å². The van der Waals surface area contributed by atoms with Crippen LogP contribution in [0.1, 0.15) is 32.8 Å². The van der Waals surface area contributed by atoms with Gasteiger partial charge in [-0.15, -0.1) is 0 Å². The van der Waals surface area contributed by atoms with E-state index in [-0.39, 0.29) is 18.0 Å². The summed E-state index contributed by atoms with van der Waals surface area (Å²) >= 11 is 0. The van der Waals surface area contributed by atoms with E-state index in [1.54, 1.807) is 0 Å². The Labute approximate surface area is 127 Å². The highest BCUT2D eigenvalue weighted by atomic mass is 16.2. The maximum Gasteiger partial charge on any atom is 0.242 e. The van der Waals surface area contributed by atoms with Gasteiger partial charge in [0.25, 0.3) is 0 Å². The third kappa shape index (κ3) is 4.21. The number of amides is 1. The van der Waals surface area contributed by atoms with Gasteiger partial charge in [-0.05, 0) is 44.5 Å². The van der Waals surface area contributed by atoms with Crippen LogP contribution in [-0.4, -0.2) is 42.5 Å². The Morgan fingerprint density at radius 2 is 2.10 bits per heavy atom. The molecule has 1 amide bonds. The molecule has 4 heteroatoms. The van der Waals surface area contributed by atoms with Crippen molar-refractivity contribution in [3.8, 4) is 0 Å². The smallest absolute Gasteiger partial charge is 0.242 e. The fourth-order valence-electron chi connectivity index (χ4n) is 2.89. The lowest BCUT2D eigenvalue weighted by atomic mass is 9.97. The molecule has 1 aliphatic rings. The number of aryl methyl sites for hydroxylation is 1. The molecule has 0 saturated heterocycles. The summed E-state index contributed by atoms with van der Waals surface area (Å²) in [4.78, 5) is 14.7. The predicted molar refractivity (Wildman–Crippen MR) is 87.6 cm³/mol. The van der Waals surface area contributed by atoms with E-state index >= 15 is 0 Å². The van der Waals surface area contributed by atoms with Gasteiger partial charge in [0.15, 0.2) is 0 Å². The lowest BCUT2D eigenvalue weighted by molar-refractivity contribution is -0.122. The Morgan fingerprint density at radius 1 is 1.38 bits per heavy atom. The van der Waals surface area contributed by atoms with Crippen LogP contribution in [0.4, 0.5) is 5.69 Å². The topological polar surface area (TPSA) is 44.4 Å². The standard InChI is InChI=1S/C17H27N3O/c1-4-20(5-2)12-13(3)18-17(21)16-11-10-14-8-6-7-9-15(14)19-16/h6-9,13,16,19H,4-5,10-12H2,1-3H3,(H,18,21). The molecule has 0 aliphatic carbocycles. The molecule has 4 nitrogen and oxygen atoms in total. The minimum absolute atomic E-state index is 0.112. The van der Waals surface area contributed by atoms with Crippen molar-refractivity contribution >= 4 is 11.6 Å². The molecule has 0 spiro atoms. The molecule has 1 heterocycles. The number of nitrogens with zero attached hydrogens (tertiary/aromatic N) is 1. The molecule has 0 fully saturated rings. The van der Waals surface area contributed by atoms with Gasteiger partial charge in [0.05, 0.1) is 0 Å². The van der Waals surface area contributed by atoms with Crippen LogP contribution in [0.2, 0.25) is 0 Å². The number of carbonyl (C=O) groups excluding carboxylic acids is 1. The first-order chi connectivity index (χ1) is 10.1. The third-order valence-electron chi connectivity index (χ3n) is 4.18. The zero-order valence-corrected chi connectivity index (χ0v) is 13.4. The molecule has 2 rings (SSSR count). The van der Waals surface area contributed by atoms with Gasteiger partial charge in [-0.2, -0.15) is 0 Å². The van der Waals surface area contributed by atoms with E-state index in [4.69, 9.17) is 0 Å². The molecular weight excluding hydrogens is 262 g/mol. The Morgan fingerprint density at radius 3 is 2.81 bits per heavy atom. The van der Waals surface area contributed by atoms with Crippen molar-refractivity contribution in [3.63, 3.8) is 0 Å². The molecule has 2 N–H and O–H groups in total. The van der Waals surface area contributed by atoms with Crippen molar-refractivity contribution in [1.82, 2.24) is 10.2 Å². The summed E-state index contributed by atoms with van der Waals surface area (Å²) in [6, 6.07) is 8.30. The van der Waals surface area contributed by atoms with Gasteiger partial charge >= 0.3 is 0 Å². The molecule has 0 bridgehead atoms. The quantitative estimate of drug-likeness (QED) is 0.844. The van der Waals surface area contributed by atoms with Crippen molar-refractivity contribution in [3.05, 3.63) is 29.8 Å². The van der Waals surface area contributed by atoms with Gasteiger partial charge in [0.1, 0.15) is 6.04 Å². The molecule has 116 valence electrons. The molecule has 2 atom stereocenters. The largest absolute Gasteiger partial charge is 0.373 e. The summed E-state index contributed by atoms with van der Waals surface area (Å²) in [5, 5.41) is 6.49. The molecular formula is C17H27N3O. The number of hydrogen-bond donors (Lipinski definition) is 2. The summed E-state index contributed by atoms with van der Waals surface area (Å²) in [6.07, 6.45) is 1.83. The lowest BCUT2D eigenvalue weighted by Gasteiger charge is -2.29. The van der Waals surface area contributed by atoms with E-state index in [1.165, 1.54) is 5.56 Å². The molecule has 2 unspecified atom stereocenters. The molecule has 0 aromatic heterocycles. The summed E-state index contributed by atoms with van der Waals surface area (Å²) in [5.74, 6) is 0.115. The number of carbonyl (C=O) groups is 1. The van der Waals surface area contributed by atoms with Gasteiger partial charge < -0.3 is 15.5 Å². The molecule has 1 aromatic rings. The van der Waals surface area contributed by atoms with Crippen LogP contribution < -0.4 is 10.6 Å². The van der Waals surface area contributed by atoms with E-state index < -0.39 is 0 Å². The van der Waals surface area contributed by atoms with Crippen LogP contribution in [0.5, 0.6) is 0 Å². The molecule has 1 aliphatic heterocycles. The van der Waals surface area contributed by atoms with Crippen LogP contribution in [0.25, 0.3) is 0 Å². The van der Waals surface area contributed by atoms with Gasteiger partial charge in [-0.25, -0.2) is 0 Å². The van der Waals surface area contributed by atoms with Crippen molar-refractivity contribution in [2.24, 2.45) is 0 Å². The average molecular weight is 289 g/mol. The molecule has 0 radical (unpaired) electrons. The summed E-state index contributed by atoms with van der Waals surface area (Å²) in [7, 11) is 0. The second-order valence-corrected chi connectivity index (χ2v) is 5.79. The molecule has 0 saturated carbocycles. The highest BCUT2D eigenvalue weighted by Gasteiger charge is 2.24. The SMILES string of the molecule is CCN(CC)CC(C)NC(=O)C1CCc2ccccc2N1. The van der Waals surface area contributed by atoms with Crippen LogP contribution in [0, 0.1) is 0 Å². The zero-order valence-electron chi connectivity index (χ0n) is 13.4. The Balaban J connectivity index is 1.87. The average Bonchev–Trinajstić information content (AvgIpc) is 2.52. The van der Waals surface area contributed by atoms with Crippen molar-refractivity contribution < 1.29 is 4.79 Å². The van der Waals surface area contributed by atoms with Crippen LogP contribution in [-0.2, 0) is 11.2 Å². The number of benzene rings is 1. The van der Waals surface area contributed by atoms with Crippen molar-refractivity contribution in [1.29, 1.82) is 0 Å². The zero-order chi connectivity index (χ0) is 15.2. The number of fused-ring (bicyclic) bond motifs is 1. The van der Waals surface area contributed by atoms with E-state index in [0.717, 1.165) is 38.2 Å². The third-order valence-corrected chi connectivity index (χ3v) is 4.18. The van der Waals surface area contributed by atoms with Gasteiger partial charge in [-0.3, -0.25) is 4.79 Å². The highest BCUT2D eigenvalue weighted by Crippen LogP contribution is 2.24. The Hall–Kier alpha value is -1.55. The van der Waals surface area contributed by atoms with Gasteiger partial charge in [0.2, 0.25) is 5.91 Å². The first-order valence-electron chi connectivity index (χ1n) is 8.01. The fourth-order valence-corrected chi connectivity index (χ4v) is 2.89. The lowest BCUT2D eigenvalue weighted by Crippen LogP contribution is -2.48. The van der Waals surface area contributed by atoms with E-state index in [0.29, 0.717) is 0 Å². The minimum Gasteiger partial charge on any atom is -0.373 e. The molecule has 1 aromatic carbocycles. The second-order valence-electron chi connectivity index (χ2n) is 5.79. The van der Waals surface area contributed by atoms with E-state index in [1.807, 2.05) is 18.2 Å². The van der Waals surface area contributed by atoms with Gasteiger partial charge in [0, 0.05) is 18.3 Å². The summed E-state index contributed by atoms with van der Waals surface area (Å²) < 4.78 is 0. The number of para-hydroxylation sites is 1. The second kappa shape index (κ2) is 7.46. The number of hydrogen-bond acceptors (Lipinski definition) is 3. The predicted octanol–water partition coefficient (Wildman–Crippen LogP) is 2.26. The van der Waals surface area contributed by atoms with Crippen LogP contribution in [0.15, 0.2) is 24.3 Å². The van der Waals surface area contributed by atoms with Crippen molar-refractivity contribution in [2.45, 2.75) is 45.7 Å². The van der Waals surface area contributed by atoms with Gasteiger partial charge in [-0.1, -0.05) is 32.0 Å². The first-order valence-corrected chi connectivity index (χ1v) is 8.01. The summed E-state index contributed by atoms with van der Waals surface area (Å²) in [5.41, 5.74) is 2.40. The number of nitrogens with one attached hydrogen (secondary N) is 2. The van der Waals surface area contributed by atoms with E-state index in [9.17, 15) is 4.79 Å². The highest BCUT2D eigenvalue weighted by molar-refractivity contribution is 5.85. The normalized spacial score (nSPS) is 18.8. The minimum atomic E-state index is -0.112. The molecule has 21 heavy (non-hydrogen) atoms. The fraction of sp³-hybridized carbons (Fsp3) is 0.588. The maximum absolute atomic E-state index is 12.4. The van der Waals surface area contributed by atoms with Crippen molar-refractivity contribution in [2.75, 3.05) is 25.0 Å². The number of anilines is 1. The maximum atomic E-state index is 12.4. The number of likely N-dealkylation sites (N-methyl/N-ethyl adjacent to an activating group) is 1. The summed E-state index contributed by atoms with van der Waals surface area (Å²) in [6.45, 7) is 9.32. The number of rotatable bonds is 6. The van der Waals surface area contributed by atoms with Crippen LogP contribution in [0.3, 0.4) is 0 Å².